The van der Waals surface area contributed by atoms with Crippen LogP contribution >= 0.6 is 0 Å². The van der Waals surface area contributed by atoms with Crippen LogP contribution in [0.15, 0.2) is 53.4 Å². The molecule has 0 spiro atoms. The molecule has 8 heteroatoms. The molecule has 0 bridgehead atoms. The summed E-state index contributed by atoms with van der Waals surface area (Å²) in [5.41, 5.74) is 2.09. The van der Waals surface area contributed by atoms with E-state index in [9.17, 15) is 18.3 Å². The maximum atomic E-state index is 12.9. The van der Waals surface area contributed by atoms with Crippen molar-refractivity contribution in [2.45, 2.75) is 55.9 Å². The summed E-state index contributed by atoms with van der Waals surface area (Å²) in [4.78, 5) is 15.4. The van der Waals surface area contributed by atoms with E-state index in [4.69, 9.17) is 4.74 Å². The van der Waals surface area contributed by atoms with Crippen molar-refractivity contribution in [3.63, 3.8) is 0 Å². The van der Waals surface area contributed by atoms with Crippen LogP contribution in [0.1, 0.15) is 50.5 Å². The van der Waals surface area contributed by atoms with E-state index in [0.29, 0.717) is 25.1 Å². The minimum absolute atomic E-state index is 0.132. The highest BCUT2D eigenvalue weighted by molar-refractivity contribution is 7.89. The molecule has 0 aliphatic carbocycles. The van der Waals surface area contributed by atoms with Crippen molar-refractivity contribution in [1.82, 2.24) is 4.31 Å². The summed E-state index contributed by atoms with van der Waals surface area (Å²) in [6, 6.07) is 13.7. The van der Waals surface area contributed by atoms with E-state index >= 15 is 0 Å². The molecule has 2 aliphatic rings. The Morgan fingerprint density at radius 1 is 1.03 bits per heavy atom. The average molecular weight is 473 g/mol. The Morgan fingerprint density at radius 3 is 2.30 bits per heavy atom. The topological polar surface area (TPSA) is 87.2 Å². The highest BCUT2D eigenvalue weighted by Gasteiger charge is 2.34. The van der Waals surface area contributed by atoms with Gasteiger partial charge in [-0.2, -0.15) is 4.31 Å². The molecule has 2 aliphatic heterocycles. The Labute approximate surface area is 196 Å². The fourth-order valence-electron chi connectivity index (χ4n) is 4.74. The zero-order valence-corrected chi connectivity index (χ0v) is 19.8. The lowest BCUT2D eigenvalue weighted by Gasteiger charge is -2.22. The first-order valence-electron chi connectivity index (χ1n) is 11.7. The molecule has 0 radical (unpaired) electrons. The normalized spacial score (nSPS) is 20.2. The highest BCUT2D eigenvalue weighted by Crippen LogP contribution is 2.29. The Kier molecular flexibility index (Phi) is 7.36. The number of ether oxygens (including phenoxy) is 1. The summed E-state index contributed by atoms with van der Waals surface area (Å²) < 4.78 is 32.8. The number of hydrogen-bond donors (Lipinski definition) is 1. The molecule has 178 valence electrons. The van der Waals surface area contributed by atoms with Crippen LogP contribution in [0.2, 0.25) is 0 Å². The van der Waals surface area contributed by atoms with Crippen LogP contribution in [-0.4, -0.2) is 56.1 Å². The van der Waals surface area contributed by atoms with Gasteiger partial charge in [-0.3, -0.25) is 4.79 Å². The van der Waals surface area contributed by atoms with Crippen LogP contribution in [-0.2, 0) is 14.8 Å². The smallest absolute Gasteiger partial charge is 0.318 e. The minimum atomic E-state index is -3.69. The van der Waals surface area contributed by atoms with Crippen LogP contribution < -0.4 is 9.64 Å². The van der Waals surface area contributed by atoms with E-state index in [1.54, 1.807) is 0 Å². The average Bonchev–Trinajstić information content (AvgIpc) is 3.53. The third-order valence-corrected chi connectivity index (χ3v) is 8.61. The van der Waals surface area contributed by atoms with Gasteiger partial charge in [-0.25, -0.2) is 8.42 Å². The van der Waals surface area contributed by atoms with Gasteiger partial charge in [-0.1, -0.05) is 19.1 Å². The summed E-state index contributed by atoms with van der Waals surface area (Å²) >= 11 is 0. The minimum Gasteiger partial charge on any atom is -0.426 e. The van der Waals surface area contributed by atoms with Crippen molar-refractivity contribution >= 4 is 21.7 Å². The number of nitrogens with zero attached hydrogens (tertiary/aromatic N) is 2. The molecular weight excluding hydrogens is 440 g/mol. The lowest BCUT2D eigenvalue weighted by atomic mass is 9.96. The van der Waals surface area contributed by atoms with E-state index in [-0.39, 0.29) is 23.5 Å². The second-order valence-corrected chi connectivity index (χ2v) is 10.6. The largest absolute Gasteiger partial charge is 0.426 e. The van der Waals surface area contributed by atoms with Crippen molar-refractivity contribution in [2.75, 3.05) is 31.1 Å². The molecule has 2 aromatic carbocycles. The first kappa shape index (κ1) is 23.7. The van der Waals surface area contributed by atoms with Crippen molar-refractivity contribution in [1.29, 1.82) is 0 Å². The molecule has 4 rings (SSSR count). The van der Waals surface area contributed by atoms with Gasteiger partial charge in [0.2, 0.25) is 10.0 Å². The van der Waals surface area contributed by atoms with E-state index < -0.39 is 15.9 Å². The predicted molar refractivity (Wildman–Crippen MR) is 127 cm³/mol. The molecule has 1 unspecified atom stereocenters. The predicted octanol–water partition coefficient (Wildman–Crippen LogP) is 3.53. The number of aliphatic hydroxyl groups excluding tert-OH is 1. The molecule has 2 saturated heterocycles. The first-order chi connectivity index (χ1) is 15.9. The SMILES string of the molecule is CCC(C(=O)Oc1ccc(S(=O)(=O)N2CCC[C@H]2CO)cc1)c1ccc(N2CCCC2)cc1. The Bertz CT molecular complexity index is 1050. The van der Waals surface area contributed by atoms with Gasteiger partial charge in [0.15, 0.2) is 0 Å². The Hall–Kier alpha value is -2.42. The molecule has 33 heavy (non-hydrogen) atoms. The second kappa shape index (κ2) is 10.2. The zero-order chi connectivity index (χ0) is 23.4. The molecule has 2 heterocycles. The van der Waals surface area contributed by atoms with Gasteiger partial charge in [0.1, 0.15) is 5.75 Å². The van der Waals surface area contributed by atoms with Gasteiger partial charge in [-0.05, 0) is 74.1 Å². The number of rotatable bonds is 8. The van der Waals surface area contributed by atoms with Crippen molar-refractivity contribution < 1.29 is 23.1 Å². The summed E-state index contributed by atoms with van der Waals surface area (Å²) in [7, 11) is -3.69. The first-order valence-corrected chi connectivity index (χ1v) is 13.2. The van der Waals surface area contributed by atoms with E-state index in [1.165, 1.54) is 47.1 Å². The molecule has 0 aromatic heterocycles. The fourth-order valence-corrected chi connectivity index (χ4v) is 6.43. The highest BCUT2D eigenvalue weighted by atomic mass is 32.2. The van der Waals surface area contributed by atoms with Crippen LogP contribution in [0.5, 0.6) is 5.75 Å². The van der Waals surface area contributed by atoms with Gasteiger partial charge in [0.25, 0.3) is 0 Å². The third-order valence-electron chi connectivity index (χ3n) is 6.64. The number of carbonyl (C=O) groups is 1. The molecule has 7 nitrogen and oxygen atoms in total. The maximum Gasteiger partial charge on any atom is 0.318 e. The summed E-state index contributed by atoms with van der Waals surface area (Å²) in [5, 5.41) is 9.46. The lowest BCUT2D eigenvalue weighted by Crippen LogP contribution is -2.37. The van der Waals surface area contributed by atoms with Gasteiger partial charge in [0, 0.05) is 31.4 Å². The number of esters is 1. The number of anilines is 1. The van der Waals surface area contributed by atoms with Crippen molar-refractivity contribution in [2.24, 2.45) is 0 Å². The van der Waals surface area contributed by atoms with E-state index in [1.807, 2.05) is 19.1 Å². The summed E-state index contributed by atoms with van der Waals surface area (Å²) in [6.07, 6.45) is 4.42. The van der Waals surface area contributed by atoms with Gasteiger partial charge >= 0.3 is 5.97 Å². The molecule has 1 N–H and O–H groups in total. The third kappa shape index (κ3) is 5.08. The Morgan fingerprint density at radius 2 is 1.70 bits per heavy atom. The van der Waals surface area contributed by atoms with Crippen LogP contribution in [0.3, 0.4) is 0 Å². The molecular formula is C25H32N2O5S. The van der Waals surface area contributed by atoms with E-state index in [2.05, 4.69) is 17.0 Å². The van der Waals surface area contributed by atoms with Crippen LogP contribution in [0.4, 0.5) is 5.69 Å². The molecule has 0 saturated carbocycles. The summed E-state index contributed by atoms with van der Waals surface area (Å²) in [5.74, 6) is -0.441. The second-order valence-electron chi connectivity index (χ2n) is 8.73. The molecule has 2 fully saturated rings. The standard InChI is InChI=1S/C25H32N2O5S/c1-2-24(19-7-9-20(10-8-19)26-15-3-4-16-26)25(29)32-22-11-13-23(14-12-22)33(30,31)27-17-5-6-21(27)18-28/h7-14,21,24,28H,2-6,15-18H2,1H3/t21-,24?/m0/s1. The molecule has 2 atom stereocenters. The number of benzene rings is 2. The maximum absolute atomic E-state index is 12.9. The molecule has 0 amide bonds. The van der Waals surface area contributed by atoms with Gasteiger partial charge in [0.05, 0.1) is 17.4 Å². The number of aliphatic hydroxyl groups is 1. The number of hydrogen-bond acceptors (Lipinski definition) is 6. The van der Waals surface area contributed by atoms with Gasteiger partial charge in [-0.15, -0.1) is 0 Å². The quantitative estimate of drug-likeness (QED) is 0.467. The number of sulfonamides is 1. The molecule has 2 aromatic rings. The van der Waals surface area contributed by atoms with E-state index in [0.717, 1.165) is 25.1 Å². The van der Waals surface area contributed by atoms with Crippen LogP contribution in [0.25, 0.3) is 0 Å². The fraction of sp³-hybridized carbons (Fsp3) is 0.480. The Balaban J connectivity index is 1.43. The van der Waals surface area contributed by atoms with Crippen molar-refractivity contribution in [3.05, 3.63) is 54.1 Å². The lowest BCUT2D eigenvalue weighted by molar-refractivity contribution is -0.136. The summed E-state index contributed by atoms with van der Waals surface area (Å²) in [6.45, 7) is 4.31. The zero-order valence-electron chi connectivity index (χ0n) is 19.0. The monoisotopic (exact) mass is 472 g/mol. The van der Waals surface area contributed by atoms with Crippen LogP contribution in [0, 0.1) is 0 Å². The van der Waals surface area contributed by atoms with Crippen molar-refractivity contribution in [3.8, 4) is 5.75 Å². The van der Waals surface area contributed by atoms with Gasteiger partial charge < -0.3 is 14.7 Å². The number of carbonyl (C=O) groups excluding carboxylic acids is 1.